The zero-order chi connectivity index (χ0) is 16.0. The van der Waals surface area contributed by atoms with Crippen molar-refractivity contribution >= 4 is 11.9 Å². The maximum absolute atomic E-state index is 12.4. The van der Waals surface area contributed by atoms with E-state index in [1.165, 1.54) is 14.2 Å². The van der Waals surface area contributed by atoms with Crippen LogP contribution in [0.25, 0.3) is 0 Å². The van der Waals surface area contributed by atoms with Crippen LogP contribution in [-0.2, 0) is 4.79 Å². The highest BCUT2D eigenvalue weighted by Crippen LogP contribution is 2.31. The Morgan fingerprint density at radius 3 is 2.24 bits per heavy atom. The van der Waals surface area contributed by atoms with Crippen molar-refractivity contribution in [3.8, 4) is 11.5 Å². The van der Waals surface area contributed by atoms with Crippen molar-refractivity contribution in [2.24, 2.45) is 0 Å². The number of methoxy groups -OCH3 is 2. The second-order valence-electron chi connectivity index (χ2n) is 4.59. The molecule has 1 rings (SSSR count). The van der Waals surface area contributed by atoms with Crippen molar-refractivity contribution in [3.05, 3.63) is 23.8 Å². The molecular weight excluding hydrogens is 274 g/mol. The number of hydrogen-bond donors (Lipinski definition) is 2. The minimum absolute atomic E-state index is 0.240. The normalized spacial score (nSPS) is 10.9. The van der Waals surface area contributed by atoms with Gasteiger partial charge in [0.15, 0.2) is 11.5 Å². The van der Waals surface area contributed by atoms with E-state index in [0.29, 0.717) is 5.75 Å². The highest BCUT2D eigenvalue weighted by molar-refractivity contribution is 6.00. The monoisotopic (exact) mass is 295 g/mol. The summed E-state index contributed by atoms with van der Waals surface area (Å²) in [6.45, 7) is 3.45. The summed E-state index contributed by atoms with van der Waals surface area (Å²) in [6.07, 6.45) is 0.577. The zero-order valence-electron chi connectivity index (χ0n) is 12.7. The fourth-order valence-electron chi connectivity index (χ4n) is 2.13. The Labute approximate surface area is 124 Å². The number of carboxylic acid groups (broad SMARTS) is 1. The fraction of sp³-hybridized carbons (Fsp3) is 0.467. The number of nitrogens with one attached hydrogen (secondary N) is 1. The number of hydrogen-bond acceptors (Lipinski definition) is 4. The minimum atomic E-state index is -1.29. The van der Waals surface area contributed by atoms with Gasteiger partial charge in [0, 0.05) is 0 Å². The lowest BCUT2D eigenvalue weighted by Gasteiger charge is -2.28. The number of benzene rings is 1. The van der Waals surface area contributed by atoms with Crippen molar-refractivity contribution in [2.75, 3.05) is 14.2 Å². The van der Waals surface area contributed by atoms with E-state index < -0.39 is 17.4 Å². The van der Waals surface area contributed by atoms with Gasteiger partial charge in [-0.1, -0.05) is 19.9 Å². The molecule has 0 aliphatic carbocycles. The molecule has 21 heavy (non-hydrogen) atoms. The largest absolute Gasteiger partial charge is 0.493 e. The van der Waals surface area contributed by atoms with E-state index in [4.69, 9.17) is 9.47 Å². The standard InChI is InChI=1S/C15H21NO5/c1-5-15(6-2,14(18)19)16-13(17)10-8-7-9-11(20-3)12(10)21-4/h7-9H,5-6H2,1-4H3,(H,16,17)(H,18,19). The Morgan fingerprint density at radius 2 is 1.81 bits per heavy atom. The molecule has 0 aromatic heterocycles. The Bertz CT molecular complexity index is 523. The summed E-state index contributed by atoms with van der Waals surface area (Å²) in [5.74, 6) is -0.859. The van der Waals surface area contributed by atoms with Crippen LogP contribution in [0.4, 0.5) is 0 Å². The lowest BCUT2D eigenvalue weighted by molar-refractivity contribution is -0.144. The van der Waals surface area contributed by atoms with Gasteiger partial charge < -0.3 is 19.9 Å². The molecule has 1 aromatic rings. The Balaban J connectivity index is 3.18. The molecule has 0 radical (unpaired) electrons. The summed E-state index contributed by atoms with van der Waals surface area (Å²) < 4.78 is 10.3. The Hall–Kier alpha value is -2.24. The van der Waals surface area contributed by atoms with Crippen LogP contribution in [0.1, 0.15) is 37.0 Å². The first-order chi connectivity index (χ1) is 9.95. The summed E-state index contributed by atoms with van der Waals surface area (Å²) in [5, 5.41) is 12.0. The highest BCUT2D eigenvalue weighted by atomic mass is 16.5. The zero-order valence-corrected chi connectivity index (χ0v) is 12.7. The molecule has 1 aromatic carbocycles. The van der Waals surface area contributed by atoms with Gasteiger partial charge in [0.2, 0.25) is 0 Å². The average molecular weight is 295 g/mol. The van der Waals surface area contributed by atoms with Gasteiger partial charge in [0.25, 0.3) is 5.91 Å². The number of aliphatic carboxylic acids is 1. The van der Waals surface area contributed by atoms with E-state index in [1.807, 2.05) is 0 Å². The third kappa shape index (κ3) is 3.26. The molecule has 6 nitrogen and oxygen atoms in total. The SMILES string of the molecule is CCC(CC)(NC(=O)c1cccc(OC)c1OC)C(=O)O. The maximum Gasteiger partial charge on any atom is 0.329 e. The molecule has 0 saturated heterocycles. The third-order valence-electron chi connectivity index (χ3n) is 3.62. The van der Waals surface area contributed by atoms with Gasteiger partial charge >= 0.3 is 5.97 Å². The molecule has 0 unspecified atom stereocenters. The second-order valence-corrected chi connectivity index (χ2v) is 4.59. The fourth-order valence-corrected chi connectivity index (χ4v) is 2.13. The van der Waals surface area contributed by atoms with Gasteiger partial charge in [0.1, 0.15) is 5.54 Å². The number of carboxylic acids is 1. The molecule has 0 spiro atoms. The van der Waals surface area contributed by atoms with Crippen molar-refractivity contribution < 1.29 is 24.2 Å². The minimum Gasteiger partial charge on any atom is -0.493 e. The molecule has 0 heterocycles. The summed E-state index contributed by atoms with van der Waals surface area (Å²) in [5.41, 5.74) is -1.05. The average Bonchev–Trinajstić information content (AvgIpc) is 2.51. The van der Waals surface area contributed by atoms with Gasteiger partial charge in [0.05, 0.1) is 19.8 Å². The van der Waals surface area contributed by atoms with Crippen LogP contribution < -0.4 is 14.8 Å². The molecule has 0 atom stereocenters. The molecule has 0 saturated carbocycles. The van der Waals surface area contributed by atoms with Gasteiger partial charge in [-0.05, 0) is 25.0 Å². The number of ether oxygens (including phenoxy) is 2. The predicted molar refractivity (Wildman–Crippen MR) is 78.0 cm³/mol. The molecule has 1 amide bonds. The molecule has 0 fully saturated rings. The number of carbonyl (C=O) groups excluding carboxylic acids is 1. The van der Waals surface area contributed by atoms with Crippen molar-refractivity contribution in [3.63, 3.8) is 0 Å². The number of rotatable bonds is 7. The van der Waals surface area contributed by atoms with Crippen LogP contribution in [0.3, 0.4) is 0 Å². The van der Waals surface area contributed by atoms with Crippen LogP contribution in [0.5, 0.6) is 11.5 Å². The third-order valence-corrected chi connectivity index (χ3v) is 3.62. The van der Waals surface area contributed by atoms with E-state index in [1.54, 1.807) is 32.0 Å². The van der Waals surface area contributed by atoms with Crippen molar-refractivity contribution in [2.45, 2.75) is 32.2 Å². The quantitative estimate of drug-likeness (QED) is 0.804. The number of carbonyl (C=O) groups is 2. The maximum atomic E-state index is 12.4. The predicted octanol–water partition coefficient (Wildman–Crippen LogP) is 2.08. The van der Waals surface area contributed by atoms with Gasteiger partial charge in [-0.3, -0.25) is 4.79 Å². The van der Waals surface area contributed by atoms with Gasteiger partial charge in [-0.25, -0.2) is 4.79 Å². The first-order valence-corrected chi connectivity index (χ1v) is 6.72. The number of amides is 1. The van der Waals surface area contributed by atoms with Crippen LogP contribution in [0.2, 0.25) is 0 Å². The molecule has 116 valence electrons. The molecule has 0 aliphatic heterocycles. The Morgan fingerprint density at radius 1 is 1.19 bits per heavy atom. The molecular formula is C15H21NO5. The van der Waals surface area contributed by atoms with E-state index >= 15 is 0 Å². The molecule has 2 N–H and O–H groups in total. The summed E-state index contributed by atoms with van der Waals surface area (Å²) in [6, 6.07) is 4.88. The lowest BCUT2D eigenvalue weighted by atomic mass is 9.92. The topological polar surface area (TPSA) is 84.9 Å². The smallest absolute Gasteiger partial charge is 0.329 e. The summed E-state index contributed by atoms with van der Waals surface area (Å²) in [4.78, 5) is 23.9. The molecule has 0 bridgehead atoms. The molecule has 6 heteroatoms. The van der Waals surface area contributed by atoms with E-state index in [2.05, 4.69) is 5.32 Å². The lowest BCUT2D eigenvalue weighted by Crippen LogP contribution is -2.53. The van der Waals surface area contributed by atoms with E-state index in [9.17, 15) is 14.7 Å². The van der Waals surface area contributed by atoms with Crippen LogP contribution in [0, 0.1) is 0 Å². The van der Waals surface area contributed by atoms with Crippen LogP contribution >= 0.6 is 0 Å². The number of para-hydroxylation sites is 1. The van der Waals surface area contributed by atoms with Gasteiger partial charge in [-0.15, -0.1) is 0 Å². The first-order valence-electron chi connectivity index (χ1n) is 6.72. The summed E-state index contributed by atoms with van der Waals surface area (Å²) in [7, 11) is 2.90. The van der Waals surface area contributed by atoms with E-state index in [0.717, 1.165) is 0 Å². The second kappa shape index (κ2) is 6.97. The first kappa shape index (κ1) is 16.8. The van der Waals surface area contributed by atoms with Crippen molar-refractivity contribution in [1.29, 1.82) is 0 Å². The van der Waals surface area contributed by atoms with E-state index in [-0.39, 0.29) is 24.2 Å². The molecule has 0 aliphatic rings. The Kier molecular flexibility index (Phi) is 5.58. The summed E-state index contributed by atoms with van der Waals surface area (Å²) >= 11 is 0. The highest BCUT2D eigenvalue weighted by Gasteiger charge is 2.37. The van der Waals surface area contributed by atoms with Crippen molar-refractivity contribution in [1.82, 2.24) is 5.32 Å². The van der Waals surface area contributed by atoms with Gasteiger partial charge in [-0.2, -0.15) is 0 Å². The van der Waals surface area contributed by atoms with Crippen LogP contribution in [0.15, 0.2) is 18.2 Å². The van der Waals surface area contributed by atoms with Crippen LogP contribution in [-0.4, -0.2) is 36.7 Å².